The molecule has 0 saturated heterocycles. The molecule has 10 heavy (non-hydrogen) atoms. The third-order valence-electron chi connectivity index (χ3n) is 0.758. The molecule has 0 aliphatic heterocycles. The normalized spacial score (nSPS) is 10.5. The number of hydrogen-bond acceptors (Lipinski definition) is 5. The van der Waals surface area contributed by atoms with Gasteiger partial charge in [-0.1, -0.05) is 4.90 Å². The Bertz CT molecular complexity index is 231. The zero-order valence-electron chi connectivity index (χ0n) is 5.18. The summed E-state index contributed by atoms with van der Waals surface area (Å²) in [4.78, 5) is 0.189. The second-order valence-corrected chi connectivity index (χ2v) is 1.37. The molecule has 0 saturated carbocycles. The molecule has 0 bridgehead atoms. The van der Waals surface area contributed by atoms with Gasteiger partial charge < -0.3 is 9.84 Å². The van der Waals surface area contributed by atoms with Crippen LogP contribution < -0.4 is 10.3 Å². The number of nitrogens with one attached hydrogen (secondary N) is 1. The Morgan fingerprint density at radius 3 is 3.20 bits per heavy atom. The van der Waals surface area contributed by atoms with Crippen LogP contribution in [0.4, 0.5) is 5.82 Å². The van der Waals surface area contributed by atoms with Crippen molar-refractivity contribution in [2.75, 3.05) is 12.5 Å². The Morgan fingerprint density at radius 2 is 2.70 bits per heavy atom. The van der Waals surface area contributed by atoms with Crippen LogP contribution in [0.1, 0.15) is 0 Å². The van der Waals surface area contributed by atoms with Gasteiger partial charge in [0.05, 0.1) is 7.05 Å². The second-order valence-electron chi connectivity index (χ2n) is 1.37. The minimum atomic E-state index is 0.102. The first-order chi connectivity index (χ1) is 4.84. The largest absolute Gasteiger partial charge is 0.391 e. The Balaban J connectivity index is 2.65. The van der Waals surface area contributed by atoms with Crippen molar-refractivity contribution in [3.05, 3.63) is 11.4 Å². The predicted molar refractivity (Wildman–Crippen MR) is 29.9 cm³/mol. The first-order valence-electron chi connectivity index (χ1n) is 2.44. The fraction of sp³-hybridized carbons (Fsp3) is 0.333. The molecule has 0 unspecified atom stereocenters. The van der Waals surface area contributed by atoms with Crippen molar-refractivity contribution >= 4 is 5.82 Å². The molecule has 0 radical (unpaired) electrons. The number of aromatic nitrogens is 2. The van der Waals surface area contributed by atoms with Crippen molar-refractivity contribution in [1.82, 2.24) is 5.16 Å². The third-order valence-corrected chi connectivity index (χ3v) is 0.758. The molecule has 1 heterocycles. The summed E-state index contributed by atoms with van der Waals surface area (Å²) in [5.74, 6) is 0.102. The van der Waals surface area contributed by atoms with E-state index < -0.39 is 0 Å². The molecule has 0 fully saturated rings. The molecule has 0 aliphatic carbocycles. The maximum Gasteiger partial charge on any atom is 0.318 e. The van der Waals surface area contributed by atoms with Crippen LogP contribution in [-0.4, -0.2) is 12.2 Å². The smallest absolute Gasteiger partial charge is 0.318 e. The van der Waals surface area contributed by atoms with E-state index in [1.807, 2.05) is 0 Å². The molecule has 0 aliphatic rings. The molecule has 0 atom stereocenters. The van der Waals surface area contributed by atoms with Crippen LogP contribution >= 0.6 is 0 Å². The average Bonchev–Trinajstić information content (AvgIpc) is 2.31. The fourth-order valence-corrected chi connectivity index (χ4v) is 0.378. The highest BCUT2D eigenvalue weighted by molar-refractivity contribution is 5.20. The molecule has 1 aromatic rings. The number of rotatable bonds is 2. The van der Waals surface area contributed by atoms with Crippen LogP contribution in [0.25, 0.3) is 0 Å². The molecule has 1 N–H and O–H groups in total. The summed E-state index contributed by atoms with van der Waals surface area (Å²) >= 11 is 0. The Morgan fingerprint density at radius 1 is 1.90 bits per heavy atom. The highest BCUT2D eigenvalue weighted by Crippen LogP contribution is 1.93. The molecular weight excluding hydrogens is 138 g/mol. The van der Waals surface area contributed by atoms with Gasteiger partial charge in [0.1, 0.15) is 0 Å². The highest BCUT2D eigenvalue weighted by Gasteiger charge is 2.02. The van der Waals surface area contributed by atoms with E-state index in [2.05, 4.69) is 25.5 Å². The van der Waals surface area contributed by atoms with Crippen LogP contribution in [-0.2, 0) is 0 Å². The van der Waals surface area contributed by atoms with Gasteiger partial charge in [0.15, 0.2) is 6.20 Å². The standard InChI is InChI=1S/C3H5N5O2/c1-4-7-6-3-2-5-10-8(3)9/h2H,1H3,(H,4,6). The molecule has 7 heteroatoms. The molecule has 0 spiro atoms. The maximum atomic E-state index is 10.4. The van der Waals surface area contributed by atoms with E-state index in [1.54, 1.807) is 0 Å². The van der Waals surface area contributed by atoms with Crippen molar-refractivity contribution < 1.29 is 9.53 Å². The summed E-state index contributed by atoms with van der Waals surface area (Å²) in [6.45, 7) is 0. The molecule has 1 rings (SSSR count). The number of hydrogen-bond donors (Lipinski definition) is 1. The number of anilines is 1. The number of nitrogens with zero attached hydrogens (tertiary/aromatic N) is 4. The van der Waals surface area contributed by atoms with E-state index in [-0.39, 0.29) is 10.7 Å². The summed E-state index contributed by atoms with van der Waals surface area (Å²) in [5.41, 5.74) is 2.30. The highest BCUT2D eigenvalue weighted by atomic mass is 16.8. The predicted octanol–water partition coefficient (Wildman–Crippen LogP) is -0.283. The summed E-state index contributed by atoms with van der Waals surface area (Å²) < 4.78 is 4.11. The van der Waals surface area contributed by atoms with Crippen molar-refractivity contribution in [2.45, 2.75) is 0 Å². The van der Waals surface area contributed by atoms with E-state index in [0.29, 0.717) is 0 Å². The van der Waals surface area contributed by atoms with Crippen LogP contribution in [0.2, 0.25) is 0 Å². The van der Waals surface area contributed by atoms with E-state index in [4.69, 9.17) is 0 Å². The zero-order chi connectivity index (χ0) is 7.40. The molecular formula is C3H5N5O2. The Hall–Kier alpha value is -1.66. The second kappa shape index (κ2) is 2.76. The SMILES string of the molecule is CN=NNc1cno[n+]1[O-]. The van der Waals surface area contributed by atoms with Crippen LogP contribution in [0.5, 0.6) is 0 Å². The van der Waals surface area contributed by atoms with E-state index in [0.717, 1.165) is 0 Å². The molecule has 0 aromatic carbocycles. The molecule has 0 amide bonds. The third kappa shape index (κ3) is 1.19. The zero-order valence-corrected chi connectivity index (χ0v) is 5.18. The lowest BCUT2D eigenvalue weighted by atomic mass is 10.8. The van der Waals surface area contributed by atoms with Gasteiger partial charge >= 0.3 is 5.82 Å². The van der Waals surface area contributed by atoms with Crippen molar-refractivity contribution in [3.8, 4) is 0 Å². The van der Waals surface area contributed by atoms with E-state index in [1.165, 1.54) is 13.2 Å². The average molecular weight is 143 g/mol. The van der Waals surface area contributed by atoms with Crippen LogP contribution in [0.3, 0.4) is 0 Å². The lowest BCUT2D eigenvalue weighted by Crippen LogP contribution is -2.25. The summed E-state index contributed by atoms with van der Waals surface area (Å²) in [7, 11) is 1.47. The van der Waals surface area contributed by atoms with Crippen molar-refractivity contribution in [2.24, 2.45) is 10.3 Å². The molecule has 1 aromatic heterocycles. The maximum absolute atomic E-state index is 10.4. The summed E-state index contributed by atoms with van der Waals surface area (Å²) in [5, 5.41) is 20.3. The van der Waals surface area contributed by atoms with Crippen molar-refractivity contribution in [1.29, 1.82) is 0 Å². The summed E-state index contributed by atoms with van der Waals surface area (Å²) in [6.07, 6.45) is 1.20. The molecule has 7 nitrogen and oxygen atoms in total. The van der Waals surface area contributed by atoms with Crippen molar-refractivity contribution in [3.63, 3.8) is 0 Å². The Kier molecular flexibility index (Phi) is 1.78. The van der Waals surface area contributed by atoms with Gasteiger partial charge in [0.2, 0.25) is 0 Å². The first-order valence-corrected chi connectivity index (χ1v) is 2.44. The first kappa shape index (κ1) is 6.46. The summed E-state index contributed by atoms with van der Waals surface area (Å²) in [6, 6.07) is 0. The van der Waals surface area contributed by atoms with Crippen LogP contribution in [0, 0.1) is 5.21 Å². The van der Waals surface area contributed by atoms with E-state index >= 15 is 0 Å². The lowest BCUT2D eigenvalue weighted by Gasteiger charge is -1.89. The monoisotopic (exact) mass is 143 g/mol. The van der Waals surface area contributed by atoms with Gasteiger partial charge in [-0.2, -0.15) is 10.5 Å². The van der Waals surface area contributed by atoms with Gasteiger partial charge in [0, 0.05) is 0 Å². The van der Waals surface area contributed by atoms with E-state index in [9.17, 15) is 5.21 Å². The van der Waals surface area contributed by atoms with Crippen LogP contribution in [0.15, 0.2) is 21.2 Å². The van der Waals surface area contributed by atoms with Gasteiger partial charge in [-0.15, -0.1) is 0 Å². The quantitative estimate of drug-likeness (QED) is 0.350. The van der Waals surface area contributed by atoms with Gasteiger partial charge in [-0.3, -0.25) is 0 Å². The molecule has 54 valence electrons. The minimum Gasteiger partial charge on any atom is -0.391 e. The Labute approximate surface area is 55.9 Å². The van der Waals surface area contributed by atoms with Gasteiger partial charge in [-0.25, -0.2) is 0 Å². The van der Waals surface area contributed by atoms with Gasteiger partial charge in [-0.05, 0) is 10.4 Å². The topological polar surface area (TPSA) is 89.7 Å². The van der Waals surface area contributed by atoms with Gasteiger partial charge in [0.25, 0.3) is 0 Å². The fourth-order valence-electron chi connectivity index (χ4n) is 0.378. The lowest BCUT2D eigenvalue weighted by molar-refractivity contribution is -0.791. The minimum absolute atomic E-state index is 0.102.